The zero-order chi connectivity index (χ0) is 22.7. The van der Waals surface area contributed by atoms with E-state index < -0.39 is 12.5 Å². The van der Waals surface area contributed by atoms with Gasteiger partial charge in [-0.15, -0.1) is 0 Å². The summed E-state index contributed by atoms with van der Waals surface area (Å²) in [4.78, 5) is 37.0. The largest absolute Gasteiger partial charge is 0.480 e. The van der Waals surface area contributed by atoms with Crippen molar-refractivity contribution in [3.05, 3.63) is 90.0 Å². The molecule has 7 nitrogen and oxygen atoms in total. The lowest BCUT2D eigenvalue weighted by Gasteiger charge is -2.20. The van der Waals surface area contributed by atoms with Gasteiger partial charge in [0.15, 0.2) is 0 Å². The number of nitrogens with one attached hydrogen (secondary N) is 2. The lowest BCUT2D eigenvalue weighted by atomic mass is 10.00. The van der Waals surface area contributed by atoms with E-state index in [0.717, 1.165) is 16.8 Å². The predicted molar refractivity (Wildman–Crippen MR) is 124 cm³/mol. The molecule has 0 aromatic heterocycles. The number of carbonyl (C=O) groups excluding carboxylic acids is 2. The topological polar surface area (TPSA) is 98.7 Å². The molecule has 1 aliphatic heterocycles. The maximum atomic E-state index is 12.8. The van der Waals surface area contributed by atoms with Gasteiger partial charge in [0, 0.05) is 29.5 Å². The standard InChI is InChI=1S/C25H21N3O4/c1-16(29)28(15-22(30)31)19-13-11-18(12-14-19)26-24(17-7-3-2-4-8-17)23-20-9-5-6-10-21(20)27-25(23)32/h2-14,26H,15H2,1H3,(H,27,32)(H,30,31)/b24-23-. The van der Waals surface area contributed by atoms with E-state index in [1.807, 2.05) is 54.6 Å². The van der Waals surface area contributed by atoms with Crippen molar-refractivity contribution >= 4 is 46.1 Å². The third-order valence-electron chi connectivity index (χ3n) is 5.11. The summed E-state index contributed by atoms with van der Waals surface area (Å²) in [5, 5.41) is 15.3. The normalized spacial score (nSPS) is 13.7. The van der Waals surface area contributed by atoms with Gasteiger partial charge in [0.1, 0.15) is 6.54 Å². The van der Waals surface area contributed by atoms with E-state index in [1.165, 1.54) is 11.8 Å². The smallest absolute Gasteiger partial charge is 0.323 e. The number of aliphatic carboxylic acids is 1. The predicted octanol–water partition coefficient (Wildman–Crippen LogP) is 4.06. The minimum atomic E-state index is -1.09. The summed E-state index contributed by atoms with van der Waals surface area (Å²) >= 11 is 0. The second-order valence-corrected chi connectivity index (χ2v) is 7.29. The van der Waals surface area contributed by atoms with E-state index in [0.29, 0.717) is 22.6 Å². The van der Waals surface area contributed by atoms with Crippen LogP contribution in [0, 0.1) is 0 Å². The number of hydrogen-bond donors (Lipinski definition) is 3. The molecule has 0 saturated heterocycles. The zero-order valence-electron chi connectivity index (χ0n) is 17.3. The van der Waals surface area contributed by atoms with Crippen LogP contribution in [0.4, 0.5) is 17.1 Å². The molecule has 160 valence electrons. The summed E-state index contributed by atoms with van der Waals surface area (Å²) in [5.74, 6) is -1.65. The first-order valence-electron chi connectivity index (χ1n) is 10.0. The Morgan fingerprint density at radius 2 is 1.59 bits per heavy atom. The Labute approximate surface area is 185 Å². The summed E-state index contributed by atoms with van der Waals surface area (Å²) in [6, 6.07) is 23.9. The van der Waals surface area contributed by atoms with Gasteiger partial charge < -0.3 is 20.6 Å². The van der Waals surface area contributed by atoms with Crippen molar-refractivity contribution < 1.29 is 19.5 Å². The van der Waals surface area contributed by atoms with Crippen LogP contribution in [0.2, 0.25) is 0 Å². The van der Waals surface area contributed by atoms with E-state index in [2.05, 4.69) is 10.6 Å². The molecule has 0 saturated carbocycles. The molecule has 0 atom stereocenters. The molecule has 0 bridgehead atoms. The molecule has 0 aliphatic carbocycles. The van der Waals surface area contributed by atoms with Crippen LogP contribution in [-0.2, 0) is 14.4 Å². The molecule has 4 rings (SSSR count). The molecule has 0 spiro atoms. The Morgan fingerprint density at radius 3 is 2.25 bits per heavy atom. The quantitative estimate of drug-likeness (QED) is 0.516. The van der Waals surface area contributed by atoms with Crippen molar-refractivity contribution in [1.82, 2.24) is 0 Å². The van der Waals surface area contributed by atoms with Crippen LogP contribution < -0.4 is 15.5 Å². The van der Waals surface area contributed by atoms with E-state index in [4.69, 9.17) is 5.11 Å². The molecular formula is C25H21N3O4. The Balaban J connectivity index is 1.73. The Kier molecular flexibility index (Phi) is 5.72. The van der Waals surface area contributed by atoms with Crippen LogP contribution in [0.1, 0.15) is 18.1 Å². The molecule has 32 heavy (non-hydrogen) atoms. The van der Waals surface area contributed by atoms with Crippen molar-refractivity contribution in [1.29, 1.82) is 0 Å². The van der Waals surface area contributed by atoms with Gasteiger partial charge in [-0.05, 0) is 35.9 Å². The van der Waals surface area contributed by atoms with Crippen molar-refractivity contribution in [3.8, 4) is 0 Å². The average molecular weight is 427 g/mol. The van der Waals surface area contributed by atoms with Gasteiger partial charge in [-0.2, -0.15) is 0 Å². The highest BCUT2D eigenvalue weighted by Gasteiger charge is 2.28. The molecular weight excluding hydrogens is 406 g/mol. The molecule has 7 heteroatoms. The first-order valence-corrected chi connectivity index (χ1v) is 10.0. The number of anilines is 3. The SMILES string of the molecule is CC(=O)N(CC(=O)O)c1ccc(N/C(=C2\C(=O)Nc3ccccc32)c2ccccc2)cc1. The second kappa shape index (κ2) is 8.77. The summed E-state index contributed by atoms with van der Waals surface area (Å²) in [5.41, 5.74) is 4.75. The fraction of sp³-hybridized carbons (Fsp3) is 0.0800. The maximum absolute atomic E-state index is 12.8. The third-order valence-corrected chi connectivity index (χ3v) is 5.11. The number of benzene rings is 3. The van der Waals surface area contributed by atoms with Crippen molar-refractivity contribution in [3.63, 3.8) is 0 Å². The molecule has 2 amide bonds. The number of hydrogen-bond acceptors (Lipinski definition) is 4. The monoisotopic (exact) mass is 427 g/mol. The summed E-state index contributed by atoms with van der Waals surface area (Å²) < 4.78 is 0. The molecule has 3 N–H and O–H groups in total. The van der Waals surface area contributed by atoms with E-state index in [-0.39, 0.29) is 11.8 Å². The van der Waals surface area contributed by atoms with Crippen molar-refractivity contribution in [2.75, 3.05) is 22.1 Å². The lowest BCUT2D eigenvalue weighted by molar-refractivity contribution is -0.136. The Bertz CT molecular complexity index is 1220. The highest BCUT2D eigenvalue weighted by molar-refractivity contribution is 6.37. The fourth-order valence-corrected chi connectivity index (χ4v) is 3.64. The molecule has 1 heterocycles. The summed E-state index contributed by atoms with van der Waals surface area (Å²) in [6.07, 6.45) is 0. The average Bonchev–Trinajstić information content (AvgIpc) is 3.12. The first kappa shape index (κ1) is 20.9. The van der Waals surface area contributed by atoms with Gasteiger partial charge in [0.25, 0.3) is 5.91 Å². The number of para-hydroxylation sites is 1. The lowest BCUT2D eigenvalue weighted by Crippen LogP contribution is -2.33. The third kappa shape index (κ3) is 4.22. The number of nitrogens with zero attached hydrogens (tertiary/aromatic N) is 1. The Hall–Kier alpha value is -4.39. The van der Waals surface area contributed by atoms with E-state index in [9.17, 15) is 14.4 Å². The van der Waals surface area contributed by atoms with Crippen LogP contribution in [0.5, 0.6) is 0 Å². The number of carboxylic acids is 1. The molecule has 3 aromatic rings. The molecule has 0 unspecified atom stereocenters. The highest BCUT2D eigenvalue weighted by atomic mass is 16.4. The number of carboxylic acid groups (broad SMARTS) is 1. The minimum Gasteiger partial charge on any atom is -0.480 e. The van der Waals surface area contributed by atoms with Crippen LogP contribution in [0.15, 0.2) is 78.9 Å². The van der Waals surface area contributed by atoms with Crippen molar-refractivity contribution in [2.24, 2.45) is 0 Å². The highest BCUT2D eigenvalue weighted by Crippen LogP contribution is 2.37. The van der Waals surface area contributed by atoms with Gasteiger partial charge in [-0.25, -0.2) is 0 Å². The number of carbonyl (C=O) groups is 3. The minimum absolute atomic E-state index is 0.196. The van der Waals surface area contributed by atoms with Gasteiger partial charge >= 0.3 is 5.97 Å². The van der Waals surface area contributed by atoms with Crippen LogP contribution in [0.25, 0.3) is 11.3 Å². The van der Waals surface area contributed by atoms with E-state index >= 15 is 0 Å². The van der Waals surface area contributed by atoms with Gasteiger partial charge in [-0.1, -0.05) is 48.5 Å². The van der Waals surface area contributed by atoms with Crippen molar-refractivity contribution in [2.45, 2.75) is 6.92 Å². The van der Waals surface area contributed by atoms with Crippen LogP contribution in [-0.4, -0.2) is 29.4 Å². The summed E-state index contributed by atoms with van der Waals surface area (Å²) in [7, 11) is 0. The molecule has 1 aliphatic rings. The molecule has 0 fully saturated rings. The first-order chi connectivity index (χ1) is 15.4. The van der Waals surface area contributed by atoms with Crippen LogP contribution >= 0.6 is 0 Å². The van der Waals surface area contributed by atoms with Gasteiger partial charge in [0.05, 0.1) is 11.3 Å². The number of amides is 2. The van der Waals surface area contributed by atoms with E-state index in [1.54, 1.807) is 24.3 Å². The summed E-state index contributed by atoms with van der Waals surface area (Å²) in [6.45, 7) is 0.904. The van der Waals surface area contributed by atoms with Crippen LogP contribution in [0.3, 0.4) is 0 Å². The molecule has 0 radical (unpaired) electrons. The zero-order valence-corrected chi connectivity index (χ0v) is 17.3. The van der Waals surface area contributed by atoms with Gasteiger partial charge in [-0.3, -0.25) is 14.4 Å². The second-order valence-electron chi connectivity index (χ2n) is 7.29. The number of rotatable bonds is 6. The van der Waals surface area contributed by atoms with Gasteiger partial charge in [0.2, 0.25) is 5.91 Å². The fourth-order valence-electron chi connectivity index (χ4n) is 3.64. The maximum Gasteiger partial charge on any atom is 0.323 e. The number of fused-ring (bicyclic) bond motifs is 1. The Morgan fingerprint density at radius 1 is 0.938 bits per heavy atom. The molecule has 3 aromatic carbocycles.